The number of benzene rings is 11. The van der Waals surface area contributed by atoms with Crippen molar-refractivity contribution in [3.05, 3.63) is 132 Å². The zero-order valence-corrected chi connectivity index (χ0v) is 24.5. The van der Waals surface area contributed by atoms with Crippen molar-refractivity contribution < 1.29 is 0 Å². The molecule has 11 rings (SSSR count). The zero-order chi connectivity index (χ0) is 28.8. The van der Waals surface area contributed by atoms with Gasteiger partial charge in [-0.3, -0.25) is 0 Å². The third kappa shape index (κ3) is 2.63. The largest absolute Gasteiger partial charge is 0.0616 e. The summed E-state index contributed by atoms with van der Waals surface area (Å²) in [4.78, 5) is 0. The first kappa shape index (κ1) is 23.1. The van der Waals surface area contributed by atoms with E-state index in [1.165, 1.54) is 119 Å². The van der Waals surface area contributed by atoms with Gasteiger partial charge < -0.3 is 0 Å². The Labute approximate surface area is 253 Å². The molecular formula is C44H26. The van der Waals surface area contributed by atoms with Crippen LogP contribution in [0.15, 0.2) is 121 Å². The monoisotopic (exact) mass is 554 g/mol. The molecule has 0 unspecified atom stereocenters. The number of hydrogen-bond acceptors (Lipinski definition) is 0. The first-order chi connectivity index (χ1) is 21.7. The van der Waals surface area contributed by atoms with E-state index in [0.29, 0.717) is 0 Å². The van der Waals surface area contributed by atoms with Gasteiger partial charge in [-0.05, 0) is 134 Å². The second-order valence-electron chi connectivity index (χ2n) is 13.0. The van der Waals surface area contributed by atoms with Crippen LogP contribution in [0.3, 0.4) is 0 Å². The molecule has 11 aromatic rings. The summed E-state index contributed by atoms with van der Waals surface area (Å²) < 4.78 is 0. The molecule has 0 atom stereocenters. The first-order valence-electron chi connectivity index (χ1n) is 15.6. The molecule has 0 heterocycles. The summed E-state index contributed by atoms with van der Waals surface area (Å²) in [7, 11) is 0. The summed E-state index contributed by atoms with van der Waals surface area (Å²) >= 11 is 0. The summed E-state index contributed by atoms with van der Waals surface area (Å²) in [6.45, 7) is 4.39. The maximum atomic E-state index is 2.47. The second-order valence-corrected chi connectivity index (χ2v) is 13.0. The van der Waals surface area contributed by atoms with Gasteiger partial charge in [-0.25, -0.2) is 0 Å². The summed E-state index contributed by atoms with van der Waals surface area (Å²) in [5.41, 5.74) is 2.60. The average Bonchev–Trinajstić information content (AvgIpc) is 3.06. The van der Waals surface area contributed by atoms with Gasteiger partial charge in [0.25, 0.3) is 0 Å². The predicted molar refractivity (Wildman–Crippen MR) is 193 cm³/mol. The van der Waals surface area contributed by atoms with Crippen LogP contribution in [0, 0.1) is 13.8 Å². The van der Waals surface area contributed by atoms with Crippen molar-refractivity contribution in [1.29, 1.82) is 0 Å². The lowest BCUT2D eigenvalue weighted by Gasteiger charge is -2.22. The van der Waals surface area contributed by atoms with Crippen molar-refractivity contribution in [2.45, 2.75) is 13.8 Å². The van der Waals surface area contributed by atoms with Crippen LogP contribution in [0.5, 0.6) is 0 Å². The molecule has 0 saturated heterocycles. The predicted octanol–water partition coefficient (Wildman–Crippen LogP) is 12.7. The zero-order valence-electron chi connectivity index (χ0n) is 24.5. The fourth-order valence-electron chi connectivity index (χ4n) is 8.81. The molecule has 0 bridgehead atoms. The third-order valence-corrected chi connectivity index (χ3v) is 10.6. The van der Waals surface area contributed by atoms with E-state index in [1.807, 2.05) is 0 Å². The van der Waals surface area contributed by atoms with Crippen LogP contribution in [0.4, 0.5) is 0 Å². The van der Waals surface area contributed by atoms with Gasteiger partial charge >= 0.3 is 0 Å². The van der Waals surface area contributed by atoms with Crippen molar-refractivity contribution in [2.75, 3.05) is 0 Å². The maximum Gasteiger partial charge on any atom is -0.000740 e. The van der Waals surface area contributed by atoms with Crippen LogP contribution < -0.4 is 0 Å². The Kier molecular flexibility index (Phi) is 4.05. The molecule has 0 fully saturated rings. The summed E-state index contributed by atoms with van der Waals surface area (Å²) in [6.07, 6.45) is 0. The van der Waals surface area contributed by atoms with Gasteiger partial charge in [0.2, 0.25) is 0 Å². The normalized spacial score (nSPS) is 12.8. The lowest BCUT2D eigenvalue weighted by molar-refractivity contribution is 1.51. The summed E-state index contributed by atoms with van der Waals surface area (Å²) in [6, 6.07) is 46.6. The molecule has 0 spiro atoms. The highest BCUT2D eigenvalue weighted by Crippen LogP contribution is 2.52. The summed E-state index contributed by atoms with van der Waals surface area (Å²) in [5.74, 6) is 0. The Morgan fingerprint density at radius 2 is 0.659 bits per heavy atom. The number of rotatable bonds is 0. The smallest absolute Gasteiger partial charge is 0.000740 e. The molecule has 44 heavy (non-hydrogen) atoms. The lowest BCUT2D eigenvalue weighted by Crippen LogP contribution is -1.94. The quantitative estimate of drug-likeness (QED) is 0.129. The van der Waals surface area contributed by atoms with Crippen LogP contribution in [-0.2, 0) is 0 Å². The van der Waals surface area contributed by atoms with E-state index in [1.54, 1.807) is 0 Å². The van der Waals surface area contributed by atoms with Gasteiger partial charge in [-0.15, -0.1) is 0 Å². The fraction of sp³-hybridized carbons (Fsp3) is 0.0455. The highest BCUT2D eigenvalue weighted by molar-refractivity contribution is 6.50. The average molecular weight is 555 g/mol. The lowest BCUT2D eigenvalue weighted by atomic mass is 9.80. The molecule has 0 heteroatoms. The standard InChI is InChI=1S/C44H26/c1-23-13-15-25-21-37-33-18-17-32-27-9-5-10-30-36-20-24(2)14-16-26(36)22-38(39(27)30)42-29-8-4-3-7-28(29)41(44(33)43(32)42)34-12-6-11-31(40(34)37)35(25)19-23/h3-22H,1-2H3. The minimum absolute atomic E-state index is 1.30. The molecule has 0 saturated carbocycles. The third-order valence-electron chi connectivity index (χ3n) is 10.6. The van der Waals surface area contributed by atoms with Crippen LogP contribution in [0.1, 0.15) is 11.1 Å². The van der Waals surface area contributed by atoms with E-state index in [-0.39, 0.29) is 0 Å². The van der Waals surface area contributed by atoms with Gasteiger partial charge in [0.1, 0.15) is 0 Å². The number of hydrogen-bond donors (Lipinski definition) is 0. The molecule has 0 aliphatic rings. The molecule has 0 nitrogen and oxygen atoms in total. The van der Waals surface area contributed by atoms with Crippen molar-refractivity contribution in [1.82, 2.24) is 0 Å². The first-order valence-corrected chi connectivity index (χ1v) is 15.6. The summed E-state index contributed by atoms with van der Waals surface area (Å²) in [5, 5.41) is 27.1. The minimum Gasteiger partial charge on any atom is -0.0616 e. The van der Waals surface area contributed by atoms with Crippen molar-refractivity contribution in [3.8, 4) is 0 Å². The number of fused-ring (bicyclic) bond motifs is 11. The second kappa shape index (κ2) is 7.73. The van der Waals surface area contributed by atoms with E-state index in [2.05, 4.69) is 135 Å². The molecule has 0 aliphatic carbocycles. The fourth-order valence-corrected chi connectivity index (χ4v) is 8.81. The Balaban J connectivity index is 1.52. The Hall–Kier alpha value is -5.46. The van der Waals surface area contributed by atoms with Crippen LogP contribution >= 0.6 is 0 Å². The molecule has 202 valence electrons. The molecular weight excluding hydrogens is 528 g/mol. The van der Waals surface area contributed by atoms with Crippen LogP contribution in [-0.4, -0.2) is 0 Å². The SMILES string of the molecule is Cc1ccc2cc3c4ccc5c6cccc7c8cc(C)ccc8cc(c76)c6c7ccccc7c(c7cccc(c2c1)c37)c4c56. The van der Waals surface area contributed by atoms with Gasteiger partial charge in [-0.2, -0.15) is 0 Å². The molecule has 0 aromatic heterocycles. The minimum atomic E-state index is 1.30. The van der Waals surface area contributed by atoms with E-state index in [0.717, 1.165) is 0 Å². The molecule has 0 aliphatic heterocycles. The molecule has 11 aromatic carbocycles. The maximum absolute atomic E-state index is 2.47. The molecule has 0 amide bonds. The van der Waals surface area contributed by atoms with E-state index < -0.39 is 0 Å². The Morgan fingerprint density at radius 3 is 1.27 bits per heavy atom. The Morgan fingerprint density at radius 1 is 0.250 bits per heavy atom. The highest BCUT2D eigenvalue weighted by Gasteiger charge is 2.23. The number of aryl methyl sites for hydroxylation is 2. The van der Waals surface area contributed by atoms with Crippen molar-refractivity contribution in [2.24, 2.45) is 0 Å². The Bertz CT molecular complexity index is 3020. The van der Waals surface area contributed by atoms with Crippen molar-refractivity contribution in [3.63, 3.8) is 0 Å². The van der Waals surface area contributed by atoms with Gasteiger partial charge in [0.15, 0.2) is 0 Å². The van der Waals surface area contributed by atoms with Gasteiger partial charge in [0.05, 0.1) is 0 Å². The van der Waals surface area contributed by atoms with E-state index in [9.17, 15) is 0 Å². The van der Waals surface area contributed by atoms with Crippen LogP contribution in [0.25, 0.3) is 108 Å². The molecule has 0 radical (unpaired) electrons. The van der Waals surface area contributed by atoms with Gasteiger partial charge in [-0.1, -0.05) is 120 Å². The van der Waals surface area contributed by atoms with E-state index >= 15 is 0 Å². The highest BCUT2D eigenvalue weighted by atomic mass is 14.3. The molecule has 0 N–H and O–H groups in total. The van der Waals surface area contributed by atoms with Crippen LogP contribution in [0.2, 0.25) is 0 Å². The van der Waals surface area contributed by atoms with Crippen molar-refractivity contribution >= 4 is 108 Å². The topological polar surface area (TPSA) is 0 Å². The van der Waals surface area contributed by atoms with E-state index in [4.69, 9.17) is 0 Å². The van der Waals surface area contributed by atoms with Gasteiger partial charge in [0, 0.05) is 0 Å².